The van der Waals surface area contributed by atoms with Gasteiger partial charge in [-0.3, -0.25) is 0 Å². The molecule has 2 saturated heterocycles. The predicted octanol–water partition coefficient (Wildman–Crippen LogP) is 2.37. The SMILES string of the molecule is CCNC(CCCOCC)C1CCOC2(CCOC2)C1. The van der Waals surface area contributed by atoms with E-state index in [1.165, 1.54) is 12.8 Å². The van der Waals surface area contributed by atoms with E-state index in [-0.39, 0.29) is 5.60 Å². The summed E-state index contributed by atoms with van der Waals surface area (Å²) >= 11 is 0. The minimum absolute atomic E-state index is 0.0243. The van der Waals surface area contributed by atoms with Crippen molar-refractivity contribution in [3.05, 3.63) is 0 Å². The van der Waals surface area contributed by atoms with Gasteiger partial charge in [0.25, 0.3) is 0 Å². The Morgan fingerprint density at radius 2 is 2.25 bits per heavy atom. The lowest BCUT2D eigenvalue weighted by molar-refractivity contribution is -0.103. The van der Waals surface area contributed by atoms with Crippen molar-refractivity contribution in [1.29, 1.82) is 0 Å². The summed E-state index contributed by atoms with van der Waals surface area (Å²) in [5, 5.41) is 3.68. The highest BCUT2D eigenvalue weighted by atomic mass is 16.6. The first-order chi connectivity index (χ1) is 9.79. The first-order valence-corrected chi connectivity index (χ1v) is 8.32. The molecule has 2 rings (SSSR count). The lowest BCUT2D eigenvalue weighted by atomic mass is 9.80. The fraction of sp³-hybridized carbons (Fsp3) is 1.00. The van der Waals surface area contributed by atoms with Gasteiger partial charge in [-0.1, -0.05) is 6.92 Å². The van der Waals surface area contributed by atoms with E-state index in [9.17, 15) is 0 Å². The molecule has 0 aliphatic carbocycles. The normalized spacial score (nSPS) is 31.8. The van der Waals surface area contributed by atoms with Crippen LogP contribution in [0.4, 0.5) is 0 Å². The maximum absolute atomic E-state index is 6.05. The molecule has 20 heavy (non-hydrogen) atoms. The Labute approximate surface area is 123 Å². The van der Waals surface area contributed by atoms with Gasteiger partial charge in [0.15, 0.2) is 0 Å². The second-order valence-electron chi connectivity index (χ2n) is 6.09. The minimum atomic E-state index is 0.0243. The van der Waals surface area contributed by atoms with Crippen LogP contribution in [0.15, 0.2) is 0 Å². The molecular weight excluding hydrogens is 254 g/mol. The number of ether oxygens (including phenoxy) is 3. The van der Waals surface area contributed by atoms with Crippen LogP contribution in [0.2, 0.25) is 0 Å². The third-order valence-electron chi connectivity index (χ3n) is 4.64. The molecule has 4 nitrogen and oxygen atoms in total. The van der Waals surface area contributed by atoms with Crippen LogP contribution in [-0.4, -0.2) is 51.2 Å². The van der Waals surface area contributed by atoms with Crippen LogP contribution in [0.3, 0.4) is 0 Å². The Morgan fingerprint density at radius 1 is 1.35 bits per heavy atom. The molecule has 2 heterocycles. The first-order valence-electron chi connectivity index (χ1n) is 8.32. The van der Waals surface area contributed by atoms with E-state index in [2.05, 4.69) is 19.2 Å². The van der Waals surface area contributed by atoms with Gasteiger partial charge in [0.05, 0.1) is 12.2 Å². The summed E-state index contributed by atoms with van der Waals surface area (Å²) in [5.41, 5.74) is 0.0243. The smallest absolute Gasteiger partial charge is 0.0939 e. The highest BCUT2D eigenvalue weighted by Gasteiger charge is 2.42. The van der Waals surface area contributed by atoms with Gasteiger partial charge in [-0.05, 0) is 45.1 Å². The van der Waals surface area contributed by atoms with E-state index < -0.39 is 0 Å². The van der Waals surface area contributed by atoms with Crippen LogP contribution >= 0.6 is 0 Å². The molecule has 4 heteroatoms. The standard InChI is InChI=1S/C16H31NO3/c1-3-17-15(6-5-9-18-4-2)14-7-10-20-16(12-14)8-11-19-13-16/h14-15,17H,3-13H2,1-2H3. The first kappa shape index (κ1) is 16.2. The van der Waals surface area contributed by atoms with Gasteiger partial charge in [0.2, 0.25) is 0 Å². The van der Waals surface area contributed by atoms with E-state index in [4.69, 9.17) is 14.2 Å². The third kappa shape index (κ3) is 4.42. The third-order valence-corrected chi connectivity index (χ3v) is 4.64. The molecule has 0 bridgehead atoms. The molecule has 0 aromatic carbocycles. The summed E-state index contributed by atoms with van der Waals surface area (Å²) in [5.74, 6) is 0.715. The van der Waals surface area contributed by atoms with Gasteiger partial charge in [0, 0.05) is 38.9 Å². The van der Waals surface area contributed by atoms with E-state index in [1.54, 1.807) is 0 Å². The fourth-order valence-electron chi connectivity index (χ4n) is 3.59. The summed E-state index contributed by atoms with van der Waals surface area (Å²) in [7, 11) is 0. The van der Waals surface area contributed by atoms with Gasteiger partial charge in [-0.2, -0.15) is 0 Å². The molecule has 0 aromatic heterocycles. The average Bonchev–Trinajstić information content (AvgIpc) is 2.90. The van der Waals surface area contributed by atoms with Crippen LogP contribution < -0.4 is 5.32 Å². The maximum Gasteiger partial charge on any atom is 0.0939 e. The van der Waals surface area contributed by atoms with E-state index in [1.807, 2.05) is 0 Å². The largest absolute Gasteiger partial charge is 0.382 e. The molecular formula is C16H31NO3. The summed E-state index contributed by atoms with van der Waals surface area (Å²) < 4.78 is 17.1. The summed E-state index contributed by atoms with van der Waals surface area (Å²) in [6.07, 6.45) is 5.75. The number of hydrogen-bond acceptors (Lipinski definition) is 4. The molecule has 0 radical (unpaired) electrons. The molecule has 0 saturated carbocycles. The lowest BCUT2D eigenvalue weighted by Gasteiger charge is -2.40. The van der Waals surface area contributed by atoms with Crippen LogP contribution in [0.5, 0.6) is 0 Å². The minimum Gasteiger partial charge on any atom is -0.382 e. The zero-order valence-corrected chi connectivity index (χ0v) is 13.2. The molecule has 118 valence electrons. The molecule has 3 unspecified atom stereocenters. The summed E-state index contributed by atoms with van der Waals surface area (Å²) in [6, 6.07) is 0.599. The zero-order chi connectivity index (χ0) is 14.3. The Morgan fingerprint density at radius 3 is 2.95 bits per heavy atom. The van der Waals surface area contributed by atoms with Gasteiger partial charge < -0.3 is 19.5 Å². The molecule has 3 atom stereocenters. The quantitative estimate of drug-likeness (QED) is 0.695. The molecule has 2 aliphatic rings. The Hall–Kier alpha value is -0.160. The second-order valence-corrected chi connectivity index (χ2v) is 6.09. The van der Waals surface area contributed by atoms with Crippen molar-refractivity contribution in [2.24, 2.45) is 5.92 Å². The maximum atomic E-state index is 6.05. The summed E-state index contributed by atoms with van der Waals surface area (Å²) in [6.45, 7) is 9.55. The van der Waals surface area contributed by atoms with Gasteiger partial charge in [0.1, 0.15) is 0 Å². The predicted molar refractivity (Wildman–Crippen MR) is 80.0 cm³/mol. The van der Waals surface area contributed by atoms with Crippen molar-refractivity contribution in [3.63, 3.8) is 0 Å². The average molecular weight is 285 g/mol. The Bertz CT molecular complexity index is 266. The van der Waals surface area contributed by atoms with Crippen LogP contribution in [0.25, 0.3) is 0 Å². The topological polar surface area (TPSA) is 39.7 Å². The molecule has 1 N–H and O–H groups in total. The molecule has 0 aromatic rings. The molecule has 1 spiro atoms. The number of rotatable bonds is 8. The lowest BCUT2D eigenvalue weighted by Crippen LogP contribution is -2.47. The zero-order valence-electron chi connectivity index (χ0n) is 13.2. The van der Waals surface area contributed by atoms with E-state index >= 15 is 0 Å². The molecule has 0 amide bonds. The van der Waals surface area contributed by atoms with Crippen LogP contribution in [0, 0.1) is 5.92 Å². The van der Waals surface area contributed by atoms with Crippen molar-refractivity contribution in [3.8, 4) is 0 Å². The van der Waals surface area contributed by atoms with E-state index in [0.717, 1.165) is 58.8 Å². The van der Waals surface area contributed by atoms with Crippen LogP contribution in [0.1, 0.15) is 46.0 Å². The highest BCUT2D eigenvalue weighted by Crippen LogP contribution is 2.37. The van der Waals surface area contributed by atoms with Gasteiger partial charge in [-0.15, -0.1) is 0 Å². The fourth-order valence-corrected chi connectivity index (χ4v) is 3.59. The van der Waals surface area contributed by atoms with Gasteiger partial charge in [-0.25, -0.2) is 0 Å². The van der Waals surface area contributed by atoms with E-state index in [0.29, 0.717) is 12.0 Å². The Balaban J connectivity index is 1.83. The molecule has 2 aliphatic heterocycles. The van der Waals surface area contributed by atoms with Crippen LogP contribution in [-0.2, 0) is 14.2 Å². The van der Waals surface area contributed by atoms with Crippen molar-refractivity contribution in [2.45, 2.75) is 57.6 Å². The van der Waals surface area contributed by atoms with Gasteiger partial charge >= 0.3 is 0 Å². The Kier molecular flexibility index (Phi) is 6.75. The highest BCUT2D eigenvalue weighted by molar-refractivity contribution is 4.93. The number of nitrogens with one attached hydrogen (secondary N) is 1. The van der Waals surface area contributed by atoms with Crippen molar-refractivity contribution in [1.82, 2.24) is 5.32 Å². The van der Waals surface area contributed by atoms with Crippen molar-refractivity contribution < 1.29 is 14.2 Å². The summed E-state index contributed by atoms with van der Waals surface area (Å²) in [4.78, 5) is 0. The van der Waals surface area contributed by atoms with Crippen molar-refractivity contribution in [2.75, 3.05) is 39.6 Å². The molecule has 2 fully saturated rings. The number of hydrogen-bond donors (Lipinski definition) is 1. The van der Waals surface area contributed by atoms with Crippen molar-refractivity contribution >= 4 is 0 Å². The monoisotopic (exact) mass is 285 g/mol. The second kappa shape index (κ2) is 8.32.